The molecule has 1 saturated heterocycles. The second-order valence-electron chi connectivity index (χ2n) is 7.57. The maximum absolute atomic E-state index is 13.4. The Morgan fingerprint density at radius 3 is 2.83 bits per heavy atom. The predicted octanol–water partition coefficient (Wildman–Crippen LogP) is 3.47. The molecule has 0 bridgehead atoms. The third-order valence-electron chi connectivity index (χ3n) is 5.01. The highest BCUT2D eigenvalue weighted by Gasteiger charge is 2.20. The van der Waals surface area contributed by atoms with Crippen LogP contribution in [-0.2, 0) is 9.53 Å². The number of nitrogens with zero attached hydrogens (tertiary/aromatic N) is 4. The van der Waals surface area contributed by atoms with Crippen molar-refractivity contribution in [1.29, 1.82) is 0 Å². The Hall–Kier alpha value is -2.52. The Bertz CT molecular complexity index is 1030. The van der Waals surface area contributed by atoms with Gasteiger partial charge in [-0.2, -0.15) is 10.2 Å². The molecule has 1 aliphatic rings. The zero-order valence-corrected chi connectivity index (χ0v) is 17.8. The van der Waals surface area contributed by atoms with Crippen molar-refractivity contribution in [1.82, 2.24) is 25.3 Å². The van der Waals surface area contributed by atoms with E-state index in [2.05, 4.69) is 20.6 Å². The first kappa shape index (κ1) is 20.7. The van der Waals surface area contributed by atoms with Crippen molar-refractivity contribution in [2.24, 2.45) is 0 Å². The van der Waals surface area contributed by atoms with E-state index in [9.17, 15) is 9.18 Å². The molecule has 1 aromatic carbocycles. The number of aromatic nitrogens is 4. The maximum Gasteiger partial charge on any atom is 0.230 e. The first-order valence-electron chi connectivity index (χ1n) is 10.0. The van der Waals surface area contributed by atoms with E-state index in [0.29, 0.717) is 11.6 Å². The fourth-order valence-electron chi connectivity index (χ4n) is 3.46. The van der Waals surface area contributed by atoms with Crippen LogP contribution in [0.5, 0.6) is 0 Å². The van der Waals surface area contributed by atoms with Crippen LogP contribution in [-0.4, -0.2) is 50.9 Å². The van der Waals surface area contributed by atoms with E-state index in [-0.39, 0.29) is 29.5 Å². The van der Waals surface area contributed by atoms with Crippen molar-refractivity contribution in [3.8, 4) is 5.69 Å². The van der Waals surface area contributed by atoms with Gasteiger partial charge in [0.25, 0.3) is 0 Å². The van der Waals surface area contributed by atoms with Gasteiger partial charge in [-0.3, -0.25) is 4.79 Å². The zero-order valence-electron chi connectivity index (χ0n) is 17.0. The number of thioether (sulfide) groups is 1. The summed E-state index contributed by atoms with van der Waals surface area (Å²) in [7, 11) is 0. The van der Waals surface area contributed by atoms with Crippen molar-refractivity contribution in [2.45, 2.75) is 43.7 Å². The maximum atomic E-state index is 13.4. The number of hydrogen-bond donors (Lipinski definition) is 1. The summed E-state index contributed by atoms with van der Waals surface area (Å²) in [5.41, 5.74) is 2.33. The van der Waals surface area contributed by atoms with Crippen molar-refractivity contribution in [2.75, 3.05) is 18.9 Å². The van der Waals surface area contributed by atoms with Crippen LogP contribution in [0.4, 0.5) is 4.39 Å². The van der Waals surface area contributed by atoms with Crippen LogP contribution >= 0.6 is 11.8 Å². The predicted molar refractivity (Wildman–Crippen MR) is 113 cm³/mol. The van der Waals surface area contributed by atoms with Gasteiger partial charge in [-0.15, -0.1) is 5.10 Å². The summed E-state index contributed by atoms with van der Waals surface area (Å²) in [6, 6.07) is 6.12. The molecular formula is C21H24FN5O2S. The lowest BCUT2D eigenvalue weighted by atomic mass is 10.1. The molecule has 0 spiro atoms. The van der Waals surface area contributed by atoms with Crippen LogP contribution in [0.25, 0.3) is 16.6 Å². The minimum Gasteiger partial charge on any atom is -0.376 e. The number of amides is 1. The van der Waals surface area contributed by atoms with E-state index in [4.69, 9.17) is 4.74 Å². The molecule has 3 heterocycles. The molecular weight excluding hydrogens is 405 g/mol. The Morgan fingerprint density at radius 2 is 2.13 bits per heavy atom. The summed E-state index contributed by atoms with van der Waals surface area (Å²) in [5.74, 6) is -0.00666. The monoisotopic (exact) mass is 429 g/mol. The normalized spacial score (nSPS) is 16.5. The molecule has 3 aromatic rings. The number of nitrogens with one attached hydrogen (secondary N) is 1. The molecule has 2 aromatic heterocycles. The van der Waals surface area contributed by atoms with Crippen LogP contribution in [0.3, 0.4) is 0 Å². The highest BCUT2D eigenvalue weighted by molar-refractivity contribution is 8.00. The van der Waals surface area contributed by atoms with Gasteiger partial charge in [-0.05, 0) is 43.0 Å². The Kier molecular flexibility index (Phi) is 6.29. The van der Waals surface area contributed by atoms with Crippen LogP contribution < -0.4 is 5.32 Å². The van der Waals surface area contributed by atoms with Gasteiger partial charge in [-0.1, -0.05) is 25.6 Å². The largest absolute Gasteiger partial charge is 0.376 e. The van der Waals surface area contributed by atoms with E-state index in [1.807, 2.05) is 13.8 Å². The lowest BCUT2D eigenvalue weighted by molar-refractivity contribution is -0.119. The minimum atomic E-state index is -0.310. The molecule has 30 heavy (non-hydrogen) atoms. The molecule has 4 rings (SSSR count). The number of halogens is 1. The summed E-state index contributed by atoms with van der Waals surface area (Å²) in [5, 5.41) is 17.7. The molecule has 1 N–H and O–H groups in total. The average Bonchev–Trinajstić information content (AvgIpc) is 3.41. The van der Waals surface area contributed by atoms with Gasteiger partial charge in [0.15, 0.2) is 0 Å². The van der Waals surface area contributed by atoms with E-state index in [1.165, 1.54) is 23.9 Å². The quantitative estimate of drug-likeness (QED) is 0.579. The van der Waals surface area contributed by atoms with Crippen LogP contribution in [0.15, 0.2) is 35.5 Å². The van der Waals surface area contributed by atoms with E-state index >= 15 is 0 Å². The molecule has 0 saturated carbocycles. The summed E-state index contributed by atoms with van der Waals surface area (Å²) < 4.78 is 20.6. The molecule has 7 nitrogen and oxygen atoms in total. The van der Waals surface area contributed by atoms with Crippen molar-refractivity contribution < 1.29 is 13.9 Å². The highest BCUT2D eigenvalue weighted by Crippen LogP contribution is 2.31. The second kappa shape index (κ2) is 9.09. The van der Waals surface area contributed by atoms with Crippen LogP contribution in [0.2, 0.25) is 0 Å². The van der Waals surface area contributed by atoms with Gasteiger partial charge < -0.3 is 10.1 Å². The van der Waals surface area contributed by atoms with Crippen molar-refractivity contribution in [3.05, 3.63) is 42.0 Å². The molecule has 1 fully saturated rings. The zero-order chi connectivity index (χ0) is 21.1. The summed E-state index contributed by atoms with van der Waals surface area (Å²) in [6.07, 6.45) is 3.88. The molecule has 158 valence electrons. The van der Waals surface area contributed by atoms with Gasteiger partial charge in [0.05, 0.1) is 29.4 Å². The molecule has 1 unspecified atom stereocenters. The Morgan fingerprint density at radius 1 is 1.33 bits per heavy atom. The number of ether oxygens (including phenoxy) is 1. The van der Waals surface area contributed by atoms with Crippen molar-refractivity contribution in [3.63, 3.8) is 0 Å². The molecule has 1 amide bonds. The minimum absolute atomic E-state index is 0.0776. The van der Waals surface area contributed by atoms with E-state index < -0.39 is 0 Å². The topological polar surface area (TPSA) is 81.9 Å². The third kappa shape index (κ3) is 4.46. The molecule has 9 heteroatoms. The second-order valence-corrected chi connectivity index (χ2v) is 8.53. The van der Waals surface area contributed by atoms with Gasteiger partial charge in [-0.25, -0.2) is 9.07 Å². The summed E-state index contributed by atoms with van der Waals surface area (Å²) >= 11 is 1.32. The molecule has 0 aliphatic carbocycles. The first-order valence-corrected chi connectivity index (χ1v) is 11.0. The average molecular weight is 430 g/mol. The molecule has 1 atom stereocenters. The van der Waals surface area contributed by atoms with Crippen LogP contribution in [0, 0.1) is 5.82 Å². The number of rotatable bonds is 7. The van der Waals surface area contributed by atoms with Gasteiger partial charge in [0.2, 0.25) is 5.91 Å². The SMILES string of the molecule is CC(C)c1nnc(SCC(=O)NCC2CCCO2)c2c1cnn2-c1ccc(F)cc1. The van der Waals surface area contributed by atoms with Crippen LogP contribution in [0.1, 0.15) is 38.3 Å². The number of hydrogen-bond acceptors (Lipinski definition) is 6. The van der Waals surface area contributed by atoms with Gasteiger partial charge >= 0.3 is 0 Å². The number of carbonyl (C=O) groups is 1. The first-order chi connectivity index (χ1) is 14.5. The van der Waals surface area contributed by atoms with Gasteiger partial charge in [0.1, 0.15) is 16.4 Å². The van der Waals surface area contributed by atoms with E-state index in [0.717, 1.165) is 41.7 Å². The standard InChI is InChI=1S/C21H24FN5O2S/c1-13(2)19-17-11-24-27(15-7-5-14(22)6-8-15)20(17)21(26-25-19)30-12-18(28)23-10-16-4-3-9-29-16/h5-8,11,13,16H,3-4,9-10,12H2,1-2H3,(H,23,28). The third-order valence-corrected chi connectivity index (χ3v) is 5.96. The number of benzene rings is 1. The fraction of sp³-hybridized carbons (Fsp3) is 0.429. The van der Waals surface area contributed by atoms with Crippen molar-refractivity contribution >= 4 is 28.6 Å². The summed E-state index contributed by atoms with van der Waals surface area (Å²) in [6.45, 7) is 5.38. The lowest BCUT2D eigenvalue weighted by Gasteiger charge is -2.12. The molecule has 0 radical (unpaired) electrons. The van der Waals surface area contributed by atoms with E-state index in [1.54, 1.807) is 23.0 Å². The number of fused-ring (bicyclic) bond motifs is 1. The summed E-state index contributed by atoms with van der Waals surface area (Å²) in [4.78, 5) is 12.3. The lowest BCUT2D eigenvalue weighted by Crippen LogP contribution is -2.32. The highest BCUT2D eigenvalue weighted by atomic mass is 32.2. The molecule has 1 aliphatic heterocycles. The smallest absolute Gasteiger partial charge is 0.230 e. The number of carbonyl (C=O) groups excluding carboxylic acids is 1. The fourth-order valence-corrected chi connectivity index (χ4v) is 4.26. The Labute approximate surface area is 178 Å². The Balaban J connectivity index is 1.58. The van der Waals surface area contributed by atoms with Gasteiger partial charge in [0, 0.05) is 18.5 Å².